The minimum Gasteiger partial charge on any atom is -0.357 e. The van der Waals surface area contributed by atoms with Crippen LogP contribution in [0.2, 0.25) is 0 Å². The second-order valence-corrected chi connectivity index (χ2v) is 7.53. The van der Waals surface area contributed by atoms with Crippen molar-refractivity contribution in [3.63, 3.8) is 0 Å². The topological polar surface area (TPSA) is 42.9 Å². The summed E-state index contributed by atoms with van der Waals surface area (Å²) in [6.07, 6.45) is 9.45. The summed E-state index contributed by atoms with van der Waals surface area (Å²) in [6, 6.07) is 0. The van der Waals surface area contributed by atoms with Crippen molar-refractivity contribution >= 4 is 5.96 Å². The average Bonchev–Trinajstić information content (AvgIpc) is 2.85. The standard InChI is InChI=1S/C19H39N5/c1-3-20-19(22-16-18-10-8-12-23(2)17-18)21-11-9-15-24-13-6-4-5-7-14-24/h18H,3-17H2,1-2H3,(H2,20,21,22). The number of hydrogen-bond donors (Lipinski definition) is 2. The van der Waals surface area contributed by atoms with Crippen LogP contribution in [0.1, 0.15) is 51.9 Å². The van der Waals surface area contributed by atoms with Gasteiger partial charge >= 0.3 is 0 Å². The van der Waals surface area contributed by atoms with E-state index in [0.29, 0.717) is 0 Å². The third-order valence-corrected chi connectivity index (χ3v) is 5.22. The molecule has 2 N–H and O–H groups in total. The largest absolute Gasteiger partial charge is 0.357 e. The van der Waals surface area contributed by atoms with Crippen molar-refractivity contribution in [1.29, 1.82) is 0 Å². The summed E-state index contributed by atoms with van der Waals surface area (Å²) in [5, 5.41) is 6.92. The van der Waals surface area contributed by atoms with Gasteiger partial charge in [0.2, 0.25) is 0 Å². The van der Waals surface area contributed by atoms with Gasteiger partial charge in [0.25, 0.3) is 0 Å². The van der Waals surface area contributed by atoms with Crippen LogP contribution in [0.3, 0.4) is 0 Å². The van der Waals surface area contributed by atoms with Crippen molar-refractivity contribution in [2.75, 3.05) is 59.4 Å². The van der Waals surface area contributed by atoms with E-state index in [0.717, 1.165) is 31.5 Å². The fourth-order valence-electron chi connectivity index (χ4n) is 3.85. The van der Waals surface area contributed by atoms with Gasteiger partial charge in [-0.2, -0.15) is 0 Å². The van der Waals surface area contributed by atoms with Crippen LogP contribution in [0.15, 0.2) is 4.99 Å². The van der Waals surface area contributed by atoms with E-state index in [2.05, 4.69) is 34.4 Å². The first-order chi connectivity index (χ1) is 11.8. The summed E-state index contributed by atoms with van der Waals surface area (Å²) < 4.78 is 0. The molecule has 0 radical (unpaired) electrons. The molecular weight excluding hydrogens is 298 g/mol. The average molecular weight is 338 g/mol. The van der Waals surface area contributed by atoms with Crippen LogP contribution in [0.5, 0.6) is 0 Å². The van der Waals surface area contributed by atoms with Gasteiger partial charge in [-0.3, -0.25) is 4.99 Å². The number of nitrogens with zero attached hydrogens (tertiary/aromatic N) is 3. The highest BCUT2D eigenvalue weighted by Gasteiger charge is 2.16. The van der Waals surface area contributed by atoms with Gasteiger partial charge in [0.15, 0.2) is 5.96 Å². The maximum atomic E-state index is 4.83. The van der Waals surface area contributed by atoms with Gasteiger partial charge in [-0.05, 0) is 78.2 Å². The van der Waals surface area contributed by atoms with Crippen LogP contribution in [0.25, 0.3) is 0 Å². The van der Waals surface area contributed by atoms with Crippen molar-refractivity contribution in [2.24, 2.45) is 10.9 Å². The number of guanidine groups is 1. The van der Waals surface area contributed by atoms with E-state index in [9.17, 15) is 0 Å². The summed E-state index contributed by atoms with van der Waals surface area (Å²) >= 11 is 0. The molecule has 2 heterocycles. The van der Waals surface area contributed by atoms with Crippen molar-refractivity contribution in [3.8, 4) is 0 Å². The van der Waals surface area contributed by atoms with Crippen molar-refractivity contribution < 1.29 is 0 Å². The van der Waals surface area contributed by atoms with Gasteiger partial charge in [-0.15, -0.1) is 0 Å². The van der Waals surface area contributed by atoms with E-state index in [-0.39, 0.29) is 0 Å². The molecule has 5 heteroatoms. The molecule has 0 amide bonds. The molecule has 24 heavy (non-hydrogen) atoms. The van der Waals surface area contributed by atoms with Gasteiger partial charge in [-0.25, -0.2) is 0 Å². The molecule has 0 saturated carbocycles. The molecule has 2 rings (SSSR count). The first kappa shape index (κ1) is 19.5. The predicted molar refractivity (Wildman–Crippen MR) is 104 cm³/mol. The molecule has 0 aromatic carbocycles. The van der Waals surface area contributed by atoms with Crippen molar-refractivity contribution in [3.05, 3.63) is 0 Å². The minimum atomic E-state index is 0.719. The van der Waals surface area contributed by atoms with E-state index in [1.807, 2.05) is 0 Å². The molecule has 0 aromatic rings. The molecule has 5 nitrogen and oxygen atoms in total. The van der Waals surface area contributed by atoms with Gasteiger partial charge in [-0.1, -0.05) is 12.8 Å². The quantitative estimate of drug-likeness (QED) is 0.424. The SMILES string of the molecule is CCNC(=NCC1CCCN(C)C1)NCCCN1CCCCCC1. The summed E-state index contributed by atoms with van der Waals surface area (Å²) in [7, 11) is 2.22. The first-order valence-electron chi connectivity index (χ1n) is 10.2. The molecule has 2 fully saturated rings. The first-order valence-corrected chi connectivity index (χ1v) is 10.2. The van der Waals surface area contributed by atoms with E-state index in [4.69, 9.17) is 4.99 Å². The van der Waals surface area contributed by atoms with E-state index in [1.54, 1.807) is 0 Å². The monoisotopic (exact) mass is 337 g/mol. The Labute approximate surface area is 149 Å². The number of piperidine rings is 1. The van der Waals surface area contributed by atoms with Crippen molar-refractivity contribution in [2.45, 2.75) is 51.9 Å². The Balaban J connectivity index is 1.65. The molecule has 2 aliphatic heterocycles. The molecule has 2 saturated heterocycles. The van der Waals surface area contributed by atoms with E-state index >= 15 is 0 Å². The predicted octanol–water partition coefficient (Wildman–Crippen LogP) is 2.15. The van der Waals surface area contributed by atoms with Gasteiger partial charge in [0.1, 0.15) is 0 Å². The lowest BCUT2D eigenvalue weighted by molar-refractivity contribution is 0.214. The second kappa shape index (κ2) is 11.7. The van der Waals surface area contributed by atoms with Gasteiger partial charge < -0.3 is 20.4 Å². The Bertz CT molecular complexity index is 350. The highest BCUT2D eigenvalue weighted by Crippen LogP contribution is 2.15. The summed E-state index contributed by atoms with van der Waals surface area (Å²) in [5.74, 6) is 1.72. The minimum absolute atomic E-state index is 0.719. The number of hydrogen-bond acceptors (Lipinski definition) is 3. The zero-order valence-corrected chi connectivity index (χ0v) is 16.0. The van der Waals surface area contributed by atoms with Crippen LogP contribution in [0.4, 0.5) is 0 Å². The Hall–Kier alpha value is -0.810. The number of aliphatic imine (C=N–C) groups is 1. The lowest BCUT2D eigenvalue weighted by Gasteiger charge is -2.28. The number of nitrogens with one attached hydrogen (secondary N) is 2. The normalized spacial score (nSPS) is 24.6. The zero-order chi connectivity index (χ0) is 17.0. The highest BCUT2D eigenvalue weighted by atomic mass is 15.2. The van der Waals surface area contributed by atoms with E-state index < -0.39 is 0 Å². The molecular formula is C19H39N5. The third-order valence-electron chi connectivity index (χ3n) is 5.22. The zero-order valence-electron chi connectivity index (χ0n) is 16.0. The maximum absolute atomic E-state index is 4.83. The van der Waals surface area contributed by atoms with Gasteiger partial charge in [0, 0.05) is 26.2 Å². The van der Waals surface area contributed by atoms with Crippen LogP contribution >= 0.6 is 0 Å². The molecule has 0 spiro atoms. The highest BCUT2D eigenvalue weighted by molar-refractivity contribution is 5.79. The summed E-state index contributed by atoms with van der Waals surface area (Å²) in [4.78, 5) is 9.90. The number of rotatable bonds is 7. The van der Waals surface area contributed by atoms with Crippen molar-refractivity contribution in [1.82, 2.24) is 20.4 Å². The molecule has 0 bridgehead atoms. The Morgan fingerprint density at radius 1 is 1.04 bits per heavy atom. The molecule has 0 aliphatic carbocycles. The smallest absolute Gasteiger partial charge is 0.191 e. The molecule has 1 unspecified atom stereocenters. The lowest BCUT2D eigenvalue weighted by atomic mass is 9.99. The van der Waals surface area contributed by atoms with E-state index in [1.165, 1.54) is 77.7 Å². The van der Waals surface area contributed by atoms with Crippen LogP contribution in [0, 0.1) is 5.92 Å². The summed E-state index contributed by atoms with van der Waals surface area (Å²) in [5.41, 5.74) is 0. The lowest BCUT2D eigenvalue weighted by Crippen LogP contribution is -2.40. The molecule has 140 valence electrons. The fraction of sp³-hybridized carbons (Fsp3) is 0.947. The fourth-order valence-corrected chi connectivity index (χ4v) is 3.85. The molecule has 1 atom stereocenters. The Morgan fingerprint density at radius 3 is 2.54 bits per heavy atom. The van der Waals surface area contributed by atoms with Gasteiger partial charge in [0.05, 0.1) is 0 Å². The summed E-state index contributed by atoms with van der Waals surface area (Å²) in [6.45, 7) is 11.3. The maximum Gasteiger partial charge on any atom is 0.191 e. The second-order valence-electron chi connectivity index (χ2n) is 7.53. The Kier molecular flexibility index (Phi) is 9.51. The molecule has 2 aliphatic rings. The van der Waals surface area contributed by atoms with Crippen LogP contribution < -0.4 is 10.6 Å². The van der Waals surface area contributed by atoms with Crippen LogP contribution in [-0.4, -0.2) is 75.2 Å². The van der Waals surface area contributed by atoms with Crippen LogP contribution in [-0.2, 0) is 0 Å². The third kappa shape index (κ3) is 7.84. The Morgan fingerprint density at radius 2 is 1.83 bits per heavy atom. The number of likely N-dealkylation sites (tertiary alicyclic amines) is 2. The molecule has 0 aromatic heterocycles.